The maximum atomic E-state index is 5.98. The molecule has 0 saturated carbocycles. The van der Waals surface area contributed by atoms with Crippen molar-refractivity contribution in [3.8, 4) is 17.5 Å². The lowest BCUT2D eigenvalue weighted by Crippen LogP contribution is -2.04. The molecule has 0 radical (unpaired) electrons. The van der Waals surface area contributed by atoms with E-state index in [-0.39, 0.29) is 0 Å². The van der Waals surface area contributed by atoms with Gasteiger partial charge in [0.25, 0.3) is 0 Å². The van der Waals surface area contributed by atoms with Crippen LogP contribution in [0, 0.1) is 0 Å². The predicted octanol–water partition coefficient (Wildman–Crippen LogP) is 3.36. The van der Waals surface area contributed by atoms with Crippen LogP contribution in [0.2, 0.25) is 0 Å². The zero-order valence-corrected chi connectivity index (χ0v) is 12.3. The predicted molar refractivity (Wildman–Crippen MR) is 80.5 cm³/mol. The van der Waals surface area contributed by atoms with Crippen LogP contribution >= 0.6 is 11.8 Å². The lowest BCUT2D eigenvalue weighted by Gasteiger charge is -2.12. The lowest BCUT2D eigenvalue weighted by atomic mass is 10.3. The van der Waals surface area contributed by atoms with Gasteiger partial charge in [-0.25, -0.2) is 0 Å². The summed E-state index contributed by atoms with van der Waals surface area (Å²) in [6.45, 7) is 2.57. The zero-order chi connectivity index (χ0) is 14.4. The highest BCUT2D eigenvalue weighted by Gasteiger charge is 2.12. The highest BCUT2D eigenvalue weighted by molar-refractivity contribution is 7.98. The number of nitrogen functional groups attached to an aromatic ring is 1. The van der Waals surface area contributed by atoms with Crippen LogP contribution in [0.1, 0.15) is 13.3 Å². The minimum absolute atomic E-state index is 0.313. The van der Waals surface area contributed by atoms with E-state index in [1.54, 1.807) is 11.8 Å². The summed E-state index contributed by atoms with van der Waals surface area (Å²) in [4.78, 5) is 9.10. The first-order chi connectivity index (χ1) is 9.76. The summed E-state index contributed by atoms with van der Waals surface area (Å²) in [7, 11) is 0. The first-order valence-corrected chi connectivity index (χ1v) is 7.52. The van der Waals surface area contributed by atoms with Gasteiger partial charge < -0.3 is 15.2 Å². The molecule has 1 aromatic carbocycles. The Morgan fingerprint density at radius 2 is 1.95 bits per heavy atom. The molecule has 0 spiro atoms. The Morgan fingerprint density at radius 1 is 1.20 bits per heavy atom. The standard InChI is InChI=1S/C14H17N3O2S/c1-3-8-18-13-12(15)14(17-9-16-13)19-10-6-4-5-7-11(10)20-2/h4-7,9H,3,8,15H2,1-2H3. The van der Waals surface area contributed by atoms with Crippen LogP contribution in [-0.4, -0.2) is 22.8 Å². The van der Waals surface area contributed by atoms with Crippen molar-refractivity contribution in [2.24, 2.45) is 0 Å². The highest BCUT2D eigenvalue weighted by atomic mass is 32.2. The number of aromatic nitrogens is 2. The molecule has 0 bridgehead atoms. The molecule has 0 fully saturated rings. The highest BCUT2D eigenvalue weighted by Crippen LogP contribution is 2.34. The fraction of sp³-hybridized carbons (Fsp3) is 0.286. The number of hydrogen-bond acceptors (Lipinski definition) is 6. The largest absolute Gasteiger partial charge is 0.476 e. The third kappa shape index (κ3) is 3.33. The Morgan fingerprint density at radius 3 is 2.70 bits per heavy atom. The maximum Gasteiger partial charge on any atom is 0.249 e. The van der Waals surface area contributed by atoms with Gasteiger partial charge in [-0.2, -0.15) is 9.97 Å². The van der Waals surface area contributed by atoms with Crippen LogP contribution in [-0.2, 0) is 0 Å². The molecule has 2 rings (SSSR count). The number of thioether (sulfide) groups is 1. The van der Waals surface area contributed by atoms with Gasteiger partial charge in [0.05, 0.1) is 6.61 Å². The van der Waals surface area contributed by atoms with Crippen molar-refractivity contribution in [3.63, 3.8) is 0 Å². The fourth-order valence-corrected chi connectivity index (χ4v) is 2.09. The third-order valence-corrected chi connectivity index (χ3v) is 3.31. The van der Waals surface area contributed by atoms with E-state index in [9.17, 15) is 0 Å². The number of anilines is 1. The normalized spacial score (nSPS) is 10.3. The van der Waals surface area contributed by atoms with Gasteiger partial charge in [-0.05, 0) is 24.8 Å². The number of ether oxygens (including phenoxy) is 2. The molecule has 5 nitrogen and oxygen atoms in total. The fourth-order valence-electron chi connectivity index (χ4n) is 1.57. The van der Waals surface area contributed by atoms with E-state index in [2.05, 4.69) is 9.97 Å². The molecule has 0 amide bonds. The quantitative estimate of drug-likeness (QED) is 0.823. The van der Waals surface area contributed by atoms with E-state index in [0.29, 0.717) is 29.8 Å². The van der Waals surface area contributed by atoms with E-state index in [4.69, 9.17) is 15.2 Å². The molecular formula is C14H17N3O2S. The molecule has 1 aromatic heterocycles. The summed E-state index contributed by atoms with van der Waals surface area (Å²) < 4.78 is 11.2. The van der Waals surface area contributed by atoms with Gasteiger partial charge in [-0.1, -0.05) is 19.1 Å². The average molecular weight is 291 g/mol. The Labute approximate surface area is 122 Å². The number of hydrogen-bond donors (Lipinski definition) is 1. The van der Waals surface area contributed by atoms with Crippen LogP contribution in [0.3, 0.4) is 0 Å². The zero-order valence-electron chi connectivity index (χ0n) is 11.5. The van der Waals surface area contributed by atoms with Crippen molar-refractivity contribution in [2.75, 3.05) is 18.6 Å². The van der Waals surface area contributed by atoms with Crippen molar-refractivity contribution in [1.82, 2.24) is 9.97 Å². The van der Waals surface area contributed by atoms with E-state index >= 15 is 0 Å². The second kappa shape index (κ2) is 7.00. The summed E-state index contributed by atoms with van der Waals surface area (Å²) in [5.41, 5.74) is 6.30. The van der Waals surface area contributed by atoms with E-state index < -0.39 is 0 Å². The molecule has 106 valence electrons. The van der Waals surface area contributed by atoms with Crippen LogP contribution in [0.5, 0.6) is 17.5 Å². The van der Waals surface area contributed by atoms with Crippen LogP contribution in [0.25, 0.3) is 0 Å². The molecule has 2 N–H and O–H groups in total. The molecule has 20 heavy (non-hydrogen) atoms. The summed E-state index contributed by atoms with van der Waals surface area (Å²) in [5.74, 6) is 1.39. The second-order valence-corrected chi connectivity index (χ2v) is 4.85. The molecule has 0 aliphatic rings. The number of nitrogens with zero attached hydrogens (tertiary/aromatic N) is 2. The van der Waals surface area contributed by atoms with Crippen molar-refractivity contribution in [3.05, 3.63) is 30.6 Å². The Balaban J connectivity index is 2.25. The summed E-state index contributed by atoms with van der Waals surface area (Å²) >= 11 is 1.60. The Kier molecular flexibility index (Phi) is 5.06. The molecule has 0 atom stereocenters. The number of para-hydroxylation sites is 1. The van der Waals surface area contributed by atoms with Gasteiger partial charge in [-0.15, -0.1) is 11.8 Å². The first-order valence-electron chi connectivity index (χ1n) is 6.30. The third-order valence-electron chi connectivity index (χ3n) is 2.53. The first kappa shape index (κ1) is 14.5. The van der Waals surface area contributed by atoms with Crippen LogP contribution in [0.15, 0.2) is 35.5 Å². The molecule has 1 heterocycles. The maximum absolute atomic E-state index is 5.98. The van der Waals surface area contributed by atoms with Crippen molar-refractivity contribution < 1.29 is 9.47 Å². The summed E-state index contributed by atoms with van der Waals surface area (Å²) in [6, 6.07) is 7.71. The molecule has 0 aliphatic heterocycles. The van der Waals surface area contributed by atoms with Gasteiger partial charge >= 0.3 is 0 Å². The van der Waals surface area contributed by atoms with Gasteiger partial charge in [0.15, 0.2) is 5.69 Å². The van der Waals surface area contributed by atoms with E-state index in [1.807, 2.05) is 37.4 Å². The molecule has 0 saturated heterocycles. The molecule has 0 unspecified atom stereocenters. The lowest BCUT2D eigenvalue weighted by molar-refractivity contribution is 0.304. The number of benzene rings is 1. The average Bonchev–Trinajstić information content (AvgIpc) is 2.48. The van der Waals surface area contributed by atoms with Crippen molar-refractivity contribution in [1.29, 1.82) is 0 Å². The molecular weight excluding hydrogens is 274 g/mol. The molecule has 0 aliphatic carbocycles. The minimum atomic E-state index is 0.313. The monoisotopic (exact) mass is 291 g/mol. The van der Waals surface area contributed by atoms with Crippen molar-refractivity contribution >= 4 is 17.4 Å². The SMILES string of the molecule is CCCOc1ncnc(Oc2ccccc2SC)c1N. The van der Waals surface area contributed by atoms with E-state index in [0.717, 1.165) is 11.3 Å². The van der Waals surface area contributed by atoms with Gasteiger partial charge in [0.1, 0.15) is 12.1 Å². The van der Waals surface area contributed by atoms with Gasteiger partial charge in [0, 0.05) is 4.90 Å². The van der Waals surface area contributed by atoms with Crippen LogP contribution < -0.4 is 15.2 Å². The second-order valence-electron chi connectivity index (χ2n) is 4.00. The van der Waals surface area contributed by atoms with Crippen molar-refractivity contribution in [2.45, 2.75) is 18.2 Å². The summed E-state index contributed by atoms with van der Waals surface area (Å²) in [6.07, 6.45) is 4.26. The topological polar surface area (TPSA) is 70.3 Å². The molecule has 2 aromatic rings. The Bertz CT molecular complexity index is 578. The number of nitrogens with two attached hydrogens (primary N) is 1. The molecule has 6 heteroatoms. The summed E-state index contributed by atoms with van der Waals surface area (Å²) in [5, 5.41) is 0. The van der Waals surface area contributed by atoms with E-state index in [1.165, 1.54) is 6.33 Å². The van der Waals surface area contributed by atoms with Gasteiger partial charge in [0.2, 0.25) is 11.8 Å². The smallest absolute Gasteiger partial charge is 0.249 e. The van der Waals surface area contributed by atoms with Crippen LogP contribution in [0.4, 0.5) is 5.69 Å². The minimum Gasteiger partial charge on any atom is -0.476 e. The number of rotatable bonds is 6. The Hall–Kier alpha value is -1.95. The van der Waals surface area contributed by atoms with Gasteiger partial charge in [-0.3, -0.25) is 0 Å².